The normalized spacial score (nSPS) is 21.7. The predicted octanol–water partition coefficient (Wildman–Crippen LogP) is 2.28. The van der Waals surface area contributed by atoms with Gasteiger partial charge in [0.05, 0.1) is 17.0 Å². The molecule has 3 N–H and O–H groups in total. The third kappa shape index (κ3) is 3.17. The Morgan fingerprint density at radius 1 is 1.19 bits per heavy atom. The maximum atomic E-state index is 13.8. The number of nitrogens with zero attached hydrogens (tertiary/aromatic N) is 4. The van der Waals surface area contributed by atoms with E-state index in [2.05, 4.69) is 10.2 Å². The van der Waals surface area contributed by atoms with Gasteiger partial charge in [-0.05, 0) is 38.1 Å². The highest BCUT2D eigenvalue weighted by Crippen LogP contribution is 2.42. The monoisotopic (exact) mass is 377 g/mol. The molecule has 7 nitrogen and oxygen atoms in total. The molecule has 2 saturated heterocycles. The van der Waals surface area contributed by atoms with Crippen LogP contribution in [-0.4, -0.2) is 58.7 Å². The van der Waals surface area contributed by atoms with E-state index in [0.29, 0.717) is 42.9 Å². The van der Waals surface area contributed by atoms with Gasteiger partial charge in [0.25, 0.3) is 0 Å². The van der Waals surface area contributed by atoms with Crippen LogP contribution in [0.15, 0.2) is 30.3 Å². The molecule has 27 heavy (non-hydrogen) atoms. The summed E-state index contributed by atoms with van der Waals surface area (Å²) in [7, 11) is 1.37. The van der Waals surface area contributed by atoms with Gasteiger partial charge in [-0.1, -0.05) is 12.1 Å². The van der Waals surface area contributed by atoms with Crippen molar-refractivity contribution in [2.24, 2.45) is 0 Å². The van der Waals surface area contributed by atoms with Crippen LogP contribution in [0.4, 0.5) is 20.3 Å². The number of aromatic hydroxyl groups is 1. The average Bonchev–Trinajstić information content (AvgIpc) is 2.85. The molecular formula is C18H21F2N5O2. The summed E-state index contributed by atoms with van der Waals surface area (Å²) in [6, 6.07) is 8.61. The molecule has 2 aliphatic rings. The Balaban J connectivity index is 1.55. The lowest BCUT2D eigenvalue weighted by Crippen LogP contribution is -2.47. The maximum absolute atomic E-state index is 13.8. The number of alkyl halides is 2. The van der Waals surface area contributed by atoms with Crippen LogP contribution in [0.2, 0.25) is 0 Å². The Morgan fingerprint density at radius 2 is 1.89 bits per heavy atom. The van der Waals surface area contributed by atoms with E-state index in [1.165, 1.54) is 7.05 Å². The van der Waals surface area contributed by atoms with Gasteiger partial charge in [-0.2, -0.15) is 8.78 Å². The number of likely N-dealkylation sites (N-methyl/N-ethyl adjacent to an activating group) is 1. The summed E-state index contributed by atoms with van der Waals surface area (Å²) in [5.41, 5.74) is 6.90. The van der Waals surface area contributed by atoms with E-state index in [9.17, 15) is 13.9 Å². The molecule has 1 aromatic heterocycles. The molecule has 144 valence electrons. The number of benzene rings is 1. The number of phenolic OH excluding ortho intramolecular Hbond substituents is 1. The second-order valence-corrected chi connectivity index (χ2v) is 7.13. The molecule has 0 aliphatic carbocycles. The van der Waals surface area contributed by atoms with E-state index in [-0.39, 0.29) is 18.1 Å². The highest BCUT2D eigenvalue weighted by atomic mass is 19.3. The molecule has 0 radical (unpaired) electrons. The minimum atomic E-state index is -3.22. The number of anilines is 2. The Hall–Kier alpha value is -2.52. The molecule has 3 heterocycles. The lowest BCUT2D eigenvalue weighted by atomic mass is 9.91. The zero-order valence-electron chi connectivity index (χ0n) is 14.9. The Morgan fingerprint density at radius 3 is 2.52 bits per heavy atom. The molecule has 1 spiro atoms. The lowest BCUT2D eigenvalue weighted by molar-refractivity contribution is -0.304. The van der Waals surface area contributed by atoms with Crippen molar-refractivity contribution in [2.45, 2.75) is 24.7 Å². The zero-order valence-corrected chi connectivity index (χ0v) is 14.9. The largest absolute Gasteiger partial charge is 0.507 e. The summed E-state index contributed by atoms with van der Waals surface area (Å²) in [5, 5.41) is 18.1. The topological polar surface area (TPSA) is 87.7 Å². The van der Waals surface area contributed by atoms with E-state index >= 15 is 0 Å². The molecule has 2 aromatic rings. The van der Waals surface area contributed by atoms with Gasteiger partial charge in [0.1, 0.15) is 5.75 Å². The van der Waals surface area contributed by atoms with Crippen LogP contribution in [0.3, 0.4) is 0 Å². The summed E-state index contributed by atoms with van der Waals surface area (Å²) in [6.45, 7) is 1.22. The summed E-state index contributed by atoms with van der Waals surface area (Å²) in [4.78, 5) is 2.94. The number of hydrogen-bond donors (Lipinski definition) is 2. The Kier molecular flexibility index (Phi) is 4.15. The van der Waals surface area contributed by atoms with Crippen LogP contribution in [0.1, 0.15) is 12.8 Å². The number of rotatable bonds is 2. The number of halogens is 2. The molecule has 4 rings (SSSR count). The smallest absolute Gasteiger partial charge is 0.425 e. The molecule has 0 saturated carbocycles. The van der Waals surface area contributed by atoms with Crippen molar-refractivity contribution in [3.8, 4) is 17.0 Å². The van der Waals surface area contributed by atoms with Crippen molar-refractivity contribution in [1.82, 2.24) is 15.1 Å². The van der Waals surface area contributed by atoms with Crippen molar-refractivity contribution < 1.29 is 18.6 Å². The lowest BCUT2D eigenvalue weighted by Gasteiger charge is -2.39. The summed E-state index contributed by atoms with van der Waals surface area (Å²) in [6.07, 6.45) is -2.31. The predicted molar refractivity (Wildman–Crippen MR) is 96.4 cm³/mol. The second-order valence-electron chi connectivity index (χ2n) is 7.13. The molecule has 2 fully saturated rings. The fraction of sp³-hybridized carbons (Fsp3) is 0.444. The number of para-hydroxylation sites is 1. The van der Waals surface area contributed by atoms with Crippen LogP contribution in [-0.2, 0) is 4.74 Å². The van der Waals surface area contributed by atoms with Gasteiger partial charge in [0, 0.05) is 25.2 Å². The van der Waals surface area contributed by atoms with E-state index in [4.69, 9.17) is 10.5 Å². The molecule has 0 bridgehead atoms. The summed E-state index contributed by atoms with van der Waals surface area (Å²) < 4.78 is 32.6. The fourth-order valence-electron chi connectivity index (χ4n) is 3.78. The maximum Gasteiger partial charge on any atom is 0.425 e. The first-order valence-corrected chi connectivity index (χ1v) is 8.75. The first-order valence-electron chi connectivity index (χ1n) is 8.75. The highest BCUT2D eigenvalue weighted by Gasteiger charge is 2.55. The van der Waals surface area contributed by atoms with Crippen LogP contribution in [0.25, 0.3) is 11.3 Å². The SMILES string of the molecule is CN1CC2(CCN(c3cc(-c4ccccc4O)nnc3N)CC2)OC1(F)F. The van der Waals surface area contributed by atoms with Crippen molar-refractivity contribution in [3.63, 3.8) is 0 Å². The van der Waals surface area contributed by atoms with E-state index in [0.717, 1.165) is 4.90 Å². The highest BCUT2D eigenvalue weighted by molar-refractivity contribution is 5.74. The minimum Gasteiger partial charge on any atom is -0.507 e. The van der Waals surface area contributed by atoms with Crippen molar-refractivity contribution >= 4 is 11.5 Å². The number of aromatic nitrogens is 2. The molecule has 0 amide bonds. The van der Waals surface area contributed by atoms with Crippen LogP contribution in [0, 0.1) is 0 Å². The van der Waals surface area contributed by atoms with Gasteiger partial charge in [-0.25, -0.2) is 4.90 Å². The first kappa shape index (κ1) is 17.9. The quantitative estimate of drug-likeness (QED) is 0.777. The molecule has 1 aromatic carbocycles. The summed E-state index contributed by atoms with van der Waals surface area (Å²) >= 11 is 0. The van der Waals surface area contributed by atoms with Crippen molar-refractivity contribution in [1.29, 1.82) is 0 Å². The van der Waals surface area contributed by atoms with E-state index < -0.39 is 11.8 Å². The third-order valence-electron chi connectivity index (χ3n) is 5.31. The van der Waals surface area contributed by atoms with Gasteiger partial charge in [0.2, 0.25) is 0 Å². The standard InChI is InChI=1S/C18H21F2N5O2/c1-24-11-17(27-18(24,19)20)6-8-25(9-7-17)14-10-13(22-23-16(14)21)12-4-2-3-5-15(12)26/h2-5,10,26H,6-9,11H2,1H3,(H2,21,23). The Bertz CT molecular complexity index is 855. The van der Waals surface area contributed by atoms with Crippen molar-refractivity contribution in [3.05, 3.63) is 30.3 Å². The van der Waals surface area contributed by atoms with Gasteiger partial charge in [-0.3, -0.25) is 4.74 Å². The number of piperidine rings is 1. The number of hydrogen-bond acceptors (Lipinski definition) is 7. The molecular weight excluding hydrogens is 356 g/mol. The van der Waals surface area contributed by atoms with Crippen LogP contribution < -0.4 is 10.6 Å². The number of nitrogen functional groups attached to an aromatic ring is 1. The van der Waals surface area contributed by atoms with Gasteiger partial charge >= 0.3 is 6.23 Å². The molecule has 0 atom stereocenters. The minimum absolute atomic E-state index is 0.102. The Labute approximate surface area is 155 Å². The molecule has 9 heteroatoms. The third-order valence-corrected chi connectivity index (χ3v) is 5.31. The fourth-order valence-corrected chi connectivity index (χ4v) is 3.78. The van der Waals surface area contributed by atoms with Crippen LogP contribution in [0.5, 0.6) is 5.75 Å². The summed E-state index contributed by atoms with van der Waals surface area (Å²) in [5.74, 6) is 0.365. The van der Waals surface area contributed by atoms with Crippen LogP contribution >= 0.6 is 0 Å². The molecule has 0 unspecified atom stereocenters. The van der Waals surface area contributed by atoms with E-state index in [1.54, 1.807) is 30.3 Å². The van der Waals surface area contributed by atoms with E-state index in [1.807, 2.05) is 4.90 Å². The van der Waals surface area contributed by atoms with Gasteiger partial charge in [-0.15, -0.1) is 10.2 Å². The average molecular weight is 377 g/mol. The van der Waals surface area contributed by atoms with Gasteiger partial charge in [0.15, 0.2) is 5.82 Å². The number of ether oxygens (including phenoxy) is 1. The number of nitrogens with two attached hydrogens (primary N) is 1. The van der Waals surface area contributed by atoms with Gasteiger partial charge < -0.3 is 15.7 Å². The zero-order chi connectivity index (χ0) is 19.2. The van der Waals surface area contributed by atoms with Crippen molar-refractivity contribution in [2.75, 3.05) is 37.3 Å². The first-order chi connectivity index (χ1) is 12.8. The second kappa shape index (κ2) is 6.28. The molecule has 2 aliphatic heterocycles. The number of phenols is 1.